The molecule has 0 heterocycles. The van der Waals surface area contributed by atoms with Crippen molar-refractivity contribution in [3.63, 3.8) is 0 Å². The normalized spacial score (nSPS) is 22.1. The molecule has 1 amide bonds. The van der Waals surface area contributed by atoms with Gasteiger partial charge in [-0.15, -0.1) is 0 Å². The second kappa shape index (κ2) is 5.23. The van der Waals surface area contributed by atoms with Gasteiger partial charge in [-0.25, -0.2) is 0 Å². The second-order valence-electron chi connectivity index (χ2n) is 4.86. The summed E-state index contributed by atoms with van der Waals surface area (Å²) in [5.41, 5.74) is 0.161. The van der Waals surface area contributed by atoms with Gasteiger partial charge < -0.3 is 5.32 Å². The van der Waals surface area contributed by atoms with Gasteiger partial charge in [-0.3, -0.25) is 4.79 Å². The molecule has 0 spiro atoms. The van der Waals surface area contributed by atoms with Crippen LogP contribution in [0.2, 0.25) is 0 Å². The van der Waals surface area contributed by atoms with Crippen LogP contribution < -0.4 is 5.32 Å². The molecule has 2 nitrogen and oxygen atoms in total. The highest BCUT2D eigenvalue weighted by Gasteiger charge is 2.43. The molecule has 1 saturated carbocycles. The number of carbonyl (C=O) groups is 1. The number of amides is 1. The number of halogens is 3. The number of hydrogen-bond acceptors (Lipinski definition) is 1. The van der Waals surface area contributed by atoms with Crippen molar-refractivity contribution in [1.29, 1.82) is 0 Å². The Hall–Kier alpha value is -1.52. The second-order valence-corrected chi connectivity index (χ2v) is 4.86. The molecule has 5 heteroatoms. The maximum absolute atomic E-state index is 12.4. The van der Waals surface area contributed by atoms with Crippen LogP contribution in [0, 0.1) is 5.92 Å². The fraction of sp³-hybridized carbons (Fsp3) is 0.500. The summed E-state index contributed by atoms with van der Waals surface area (Å²) in [7, 11) is 0. The third-order valence-electron chi connectivity index (χ3n) is 3.34. The lowest BCUT2D eigenvalue weighted by Crippen LogP contribution is -2.25. The molecule has 1 aliphatic carbocycles. The van der Waals surface area contributed by atoms with Gasteiger partial charge in [0.05, 0.1) is 5.56 Å². The van der Waals surface area contributed by atoms with Crippen molar-refractivity contribution < 1.29 is 18.0 Å². The molecule has 19 heavy (non-hydrogen) atoms. The number of hydrogen-bond donors (Lipinski definition) is 1. The summed E-state index contributed by atoms with van der Waals surface area (Å²) in [5.74, 6) is -0.00539. The molecule has 1 aromatic rings. The summed E-state index contributed by atoms with van der Waals surface area (Å²) >= 11 is 0. The highest BCUT2D eigenvalue weighted by molar-refractivity contribution is 5.82. The van der Waals surface area contributed by atoms with Crippen LogP contribution in [0.15, 0.2) is 24.3 Å². The van der Waals surface area contributed by atoms with Crippen LogP contribution in [-0.4, -0.2) is 12.5 Å². The third-order valence-corrected chi connectivity index (χ3v) is 3.34. The number of alkyl halides is 3. The van der Waals surface area contributed by atoms with E-state index in [0.29, 0.717) is 6.54 Å². The standard InChI is InChI=1S/C14H16F3NO/c1-2-7-18-13(19)12-8-11(12)9-3-5-10(6-4-9)14(15,16)17/h3-6,11-12H,2,7-8H2,1H3,(H,18,19)/t11-,12?/m0/s1. The van der Waals surface area contributed by atoms with E-state index in [0.717, 1.165) is 30.5 Å². The first-order chi connectivity index (χ1) is 8.93. The molecule has 0 radical (unpaired) electrons. The number of benzene rings is 1. The van der Waals surface area contributed by atoms with Gasteiger partial charge in [-0.1, -0.05) is 19.1 Å². The summed E-state index contributed by atoms with van der Waals surface area (Å²) < 4.78 is 37.2. The lowest BCUT2D eigenvalue weighted by Gasteiger charge is -2.07. The zero-order chi connectivity index (χ0) is 14.0. The molecule has 2 rings (SSSR count). The highest BCUT2D eigenvalue weighted by Crippen LogP contribution is 2.47. The van der Waals surface area contributed by atoms with Crippen molar-refractivity contribution in [2.75, 3.05) is 6.54 Å². The van der Waals surface area contributed by atoms with Crippen LogP contribution >= 0.6 is 0 Å². The van der Waals surface area contributed by atoms with E-state index in [1.807, 2.05) is 6.92 Å². The largest absolute Gasteiger partial charge is 0.416 e. The summed E-state index contributed by atoms with van der Waals surface area (Å²) in [6.07, 6.45) is -2.70. The maximum Gasteiger partial charge on any atom is 0.416 e. The average molecular weight is 271 g/mol. The smallest absolute Gasteiger partial charge is 0.356 e. The summed E-state index contributed by atoms with van der Waals surface area (Å²) in [5, 5.41) is 2.81. The number of rotatable bonds is 4. The lowest BCUT2D eigenvalue weighted by molar-refractivity contribution is -0.137. The van der Waals surface area contributed by atoms with E-state index in [1.54, 1.807) is 0 Å². The summed E-state index contributed by atoms with van der Waals surface area (Å²) in [6, 6.07) is 5.10. The van der Waals surface area contributed by atoms with Crippen molar-refractivity contribution in [2.45, 2.75) is 31.9 Å². The molecular formula is C14H16F3NO. The molecule has 0 aliphatic heterocycles. The maximum atomic E-state index is 12.4. The SMILES string of the molecule is CCCNC(=O)C1C[C@H]1c1ccc(C(F)(F)F)cc1. The van der Waals surface area contributed by atoms with Crippen molar-refractivity contribution in [3.8, 4) is 0 Å². The molecule has 0 saturated heterocycles. The first kappa shape index (κ1) is 13.9. The summed E-state index contributed by atoms with van der Waals surface area (Å²) in [4.78, 5) is 11.7. The van der Waals surface area contributed by atoms with Crippen LogP contribution in [0.25, 0.3) is 0 Å². The Bertz CT molecular complexity index is 453. The minimum Gasteiger partial charge on any atom is -0.356 e. The molecule has 1 fully saturated rings. The predicted octanol–water partition coefficient (Wildman–Crippen LogP) is 3.34. The lowest BCUT2D eigenvalue weighted by atomic mass is 10.1. The molecule has 1 unspecified atom stereocenters. The first-order valence-electron chi connectivity index (χ1n) is 6.38. The Kier molecular flexibility index (Phi) is 3.83. The van der Waals surface area contributed by atoms with E-state index in [-0.39, 0.29) is 17.7 Å². The Balaban J connectivity index is 1.96. The minimum atomic E-state index is -4.31. The van der Waals surface area contributed by atoms with Crippen molar-refractivity contribution >= 4 is 5.91 Å². The molecule has 0 aromatic heterocycles. The van der Waals surface area contributed by atoms with Crippen molar-refractivity contribution in [1.82, 2.24) is 5.32 Å². The van der Waals surface area contributed by atoms with E-state index < -0.39 is 11.7 Å². The van der Waals surface area contributed by atoms with Crippen LogP contribution in [0.1, 0.15) is 36.8 Å². The Morgan fingerprint density at radius 2 is 1.95 bits per heavy atom. The molecule has 1 aliphatic rings. The molecule has 1 N–H and O–H groups in total. The van der Waals surface area contributed by atoms with Crippen LogP contribution in [-0.2, 0) is 11.0 Å². The third kappa shape index (κ3) is 3.28. The number of nitrogens with one attached hydrogen (secondary N) is 1. The zero-order valence-corrected chi connectivity index (χ0v) is 10.6. The van der Waals surface area contributed by atoms with Gasteiger partial charge in [-0.2, -0.15) is 13.2 Å². The fourth-order valence-electron chi connectivity index (χ4n) is 2.15. The van der Waals surface area contributed by atoms with E-state index in [9.17, 15) is 18.0 Å². The van der Waals surface area contributed by atoms with Crippen LogP contribution in [0.5, 0.6) is 0 Å². The van der Waals surface area contributed by atoms with Gasteiger partial charge in [0.15, 0.2) is 0 Å². The van der Waals surface area contributed by atoms with Gasteiger partial charge in [0.1, 0.15) is 0 Å². The van der Waals surface area contributed by atoms with Crippen molar-refractivity contribution in [2.24, 2.45) is 5.92 Å². The Labute approximate surface area is 110 Å². The Morgan fingerprint density at radius 3 is 2.47 bits per heavy atom. The zero-order valence-electron chi connectivity index (χ0n) is 10.6. The van der Waals surface area contributed by atoms with Gasteiger partial charge in [0, 0.05) is 12.5 Å². The van der Waals surface area contributed by atoms with E-state index in [1.165, 1.54) is 12.1 Å². The molecule has 0 bridgehead atoms. The topological polar surface area (TPSA) is 29.1 Å². The number of carbonyl (C=O) groups excluding carboxylic acids is 1. The monoisotopic (exact) mass is 271 g/mol. The van der Waals surface area contributed by atoms with E-state index >= 15 is 0 Å². The van der Waals surface area contributed by atoms with Gasteiger partial charge in [-0.05, 0) is 36.5 Å². The molecule has 2 atom stereocenters. The Morgan fingerprint density at radius 1 is 1.32 bits per heavy atom. The van der Waals surface area contributed by atoms with Gasteiger partial charge in [0.2, 0.25) is 5.91 Å². The van der Waals surface area contributed by atoms with E-state index in [4.69, 9.17) is 0 Å². The quantitative estimate of drug-likeness (QED) is 0.894. The van der Waals surface area contributed by atoms with Gasteiger partial charge in [0.25, 0.3) is 0 Å². The molecular weight excluding hydrogens is 255 g/mol. The molecule has 1 aromatic carbocycles. The van der Waals surface area contributed by atoms with Gasteiger partial charge >= 0.3 is 6.18 Å². The first-order valence-corrected chi connectivity index (χ1v) is 6.38. The van der Waals surface area contributed by atoms with Crippen LogP contribution in [0.4, 0.5) is 13.2 Å². The molecule has 104 valence electrons. The highest BCUT2D eigenvalue weighted by atomic mass is 19.4. The fourth-order valence-corrected chi connectivity index (χ4v) is 2.15. The van der Waals surface area contributed by atoms with Crippen molar-refractivity contribution in [3.05, 3.63) is 35.4 Å². The predicted molar refractivity (Wildman–Crippen MR) is 65.6 cm³/mol. The van der Waals surface area contributed by atoms with Crippen LogP contribution in [0.3, 0.4) is 0 Å². The van der Waals surface area contributed by atoms with E-state index in [2.05, 4.69) is 5.32 Å². The average Bonchev–Trinajstić information content (AvgIpc) is 3.15. The summed E-state index contributed by atoms with van der Waals surface area (Å²) in [6.45, 7) is 2.62. The minimum absolute atomic E-state index is 0.00625.